The summed E-state index contributed by atoms with van der Waals surface area (Å²) in [4.78, 5) is 14.7. The first-order valence-corrected chi connectivity index (χ1v) is 7.90. The number of nitrogens with zero attached hydrogens (tertiary/aromatic N) is 1. The minimum atomic E-state index is -0.253. The molecule has 1 N–H and O–H groups in total. The average molecular weight is 291 g/mol. The highest BCUT2D eigenvalue weighted by Gasteiger charge is 2.59. The molecule has 0 radical (unpaired) electrons. The molecule has 3 nitrogen and oxygen atoms in total. The van der Waals surface area contributed by atoms with E-state index >= 15 is 0 Å². The molecule has 106 valence electrons. The van der Waals surface area contributed by atoms with Gasteiger partial charge in [-0.05, 0) is 49.3 Å². The predicted octanol–water partition coefficient (Wildman–Crippen LogP) is 3.10. The summed E-state index contributed by atoms with van der Waals surface area (Å²) in [5.74, 6) is 0.991. The lowest BCUT2D eigenvalue weighted by molar-refractivity contribution is -0.131. The Balaban J connectivity index is 1.63. The molecule has 2 saturated carbocycles. The fraction of sp³-hybridized carbons (Fsp3) is 0.562. The van der Waals surface area contributed by atoms with Crippen LogP contribution < -0.4 is 5.32 Å². The highest BCUT2D eigenvalue weighted by molar-refractivity contribution is 6.30. The third-order valence-electron chi connectivity index (χ3n) is 4.99. The molecule has 1 aromatic carbocycles. The predicted molar refractivity (Wildman–Crippen MR) is 78.3 cm³/mol. The Hall–Kier alpha value is -1.06. The van der Waals surface area contributed by atoms with E-state index in [1.807, 2.05) is 18.2 Å². The van der Waals surface area contributed by atoms with Crippen molar-refractivity contribution in [3.8, 4) is 0 Å². The monoisotopic (exact) mass is 290 g/mol. The Bertz CT molecular complexity index is 551. The van der Waals surface area contributed by atoms with Gasteiger partial charge in [0.15, 0.2) is 0 Å². The number of carbonyl (C=O) groups is 1. The second-order valence-corrected chi connectivity index (χ2v) is 6.87. The maximum absolute atomic E-state index is 12.7. The topological polar surface area (TPSA) is 32.3 Å². The molecule has 20 heavy (non-hydrogen) atoms. The van der Waals surface area contributed by atoms with E-state index in [0.29, 0.717) is 11.8 Å². The SMILES string of the molecule is O=C1N(CC2CCC2)C(c2cccc(Cl)c2)NC12CC2. The number of carbonyl (C=O) groups excluding carboxylic acids is 1. The van der Waals surface area contributed by atoms with Crippen molar-refractivity contribution in [1.82, 2.24) is 10.2 Å². The van der Waals surface area contributed by atoms with Crippen molar-refractivity contribution >= 4 is 17.5 Å². The van der Waals surface area contributed by atoms with E-state index in [1.54, 1.807) is 0 Å². The summed E-state index contributed by atoms with van der Waals surface area (Å²) in [6.07, 6.45) is 5.79. The molecule has 1 aliphatic heterocycles. The van der Waals surface area contributed by atoms with Gasteiger partial charge in [0.05, 0.1) is 0 Å². The highest BCUT2D eigenvalue weighted by Crippen LogP contribution is 2.47. The van der Waals surface area contributed by atoms with Crippen LogP contribution in [-0.4, -0.2) is 22.9 Å². The average Bonchev–Trinajstić information content (AvgIpc) is 3.10. The number of amides is 1. The van der Waals surface area contributed by atoms with E-state index in [9.17, 15) is 4.79 Å². The number of benzene rings is 1. The third kappa shape index (κ3) is 1.95. The summed E-state index contributed by atoms with van der Waals surface area (Å²) in [5.41, 5.74) is 0.852. The molecule has 1 heterocycles. The van der Waals surface area contributed by atoms with Crippen LogP contribution in [0.3, 0.4) is 0 Å². The molecule has 1 unspecified atom stereocenters. The van der Waals surface area contributed by atoms with Crippen LogP contribution in [0, 0.1) is 5.92 Å². The first kappa shape index (κ1) is 12.7. The van der Waals surface area contributed by atoms with E-state index in [2.05, 4.69) is 16.3 Å². The molecule has 1 atom stereocenters. The van der Waals surface area contributed by atoms with Crippen LogP contribution >= 0.6 is 11.6 Å². The van der Waals surface area contributed by atoms with Crippen LogP contribution in [-0.2, 0) is 4.79 Å². The van der Waals surface area contributed by atoms with Crippen molar-refractivity contribution in [3.63, 3.8) is 0 Å². The normalized spacial score (nSPS) is 27.9. The van der Waals surface area contributed by atoms with Crippen molar-refractivity contribution in [2.45, 2.75) is 43.8 Å². The number of nitrogens with one attached hydrogen (secondary N) is 1. The molecular formula is C16H19ClN2O. The lowest BCUT2D eigenvalue weighted by Gasteiger charge is -2.33. The van der Waals surface area contributed by atoms with Crippen LogP contribution in [0.5, 0.6) is 0 Å². The smallest absolute Gasteiger partial charge is 0.244 e. The Kier molecular flexibility index (Phi) is 2.83. The first-order valence-electron chi connectivity index (χ1n) is 7.52. The molecule has 0 bridgehead atoms. The number of hydrogen-bond donors (Lipinski definition) is 1. The van der Waals surface area contributed by atoms with Crippen LogP contribution in [0.15, 0.2) is 24.3 Å². The van der Waals surface area contributed by atoms with Gasteiger partial charge in [-0.1, -0.05) is 30.2 Å². The second kappa shape index (κ2) is 4.47. The van der Waals surface area contributed by atoms with Crippen molar-refractivity contribution in [3.05, 3.63) is 34.9 Å². The molecule has 0 aromatic heterocycles. The first-order chi connectivity index (χ1) is 9.68. The number of hydrogen-bond acceptors (Lipinski definition) is 2. The van der Waals surface area contributed by atoms with Crippen molar-refractivity contribution in [2.75, 3.05) is 6.54 Å². The van der Waals surface area contributed by atoms with Gasteiger partial charge < -0.3 is 4.90 Å². The molecule has 4 rings (SSSR count). The fourth-order valence-electron chi connectivity index (χ4n) is 3.36. The summed E-state index contributed by atoms with van der Waals surface area (Å²) in [5, 5.41) is 4.29. The van der Waals surface area contributed by atoms with E-state index in [-0.39, 0.29) is 11.7 Å². The van der Waals surface area contributed by atoms with Gasteiger partial charge in [0, 0.05) is 11.6 Å². The molecule has 1 aromatic rings. The van der Waals surface area contributed by atoms with E-state index in [4.69, 9.17) is 11.6 Å². The summed E-state index contributed by atoms with van der Waals surface area (Å²) in [7, 11) is 0. The molecule has 2 aliphatic carbocycles. The van der Waals surface area contributed by atoms with E-state index in [1.165, 1.54) is 19.3 Å². The lowest BCUT2D eigenvalue weighted by Crippen LogP contribution is -2.37. The molecule has 1 spiro atoms. The minimum Gasteiger partial charge on any atom is -0.321 e. The molecule has 1 amide bonds. The second-order valence-electron chi connectivity index (χ2n) is 6.44. The minimum absolute atomic E-state index is 0.00398. The lowest BCUT2D eigenvalue weighted by atomic mass is 9.85. The van der Waals surface area contributed by atoms with Gasteiger partial charge in [-0.25, -0.2) is 0 Å². The van der Waals surface area contributed by atoms with Crippen LogP contribution in [0.2, 0.25) is 5.02 Å². The van der Waals surface area contributed by atoms with Gasteiger partial charge in [-0.2, -0.15) is 0 Å². The standard InChI is InChI=1S/C16H19ClN2O/c17-13-6-2-5-12(9-13)14-18-16(7-8-16)15(20)19(14)10-11-3-1-4-11/h2,5-6,9,11,14,18H,1,3-4,7-8,10H2. The van der Waals surface area contributed by atoms with Crippen LogP contribution in [0.1, 0.15) is 43.8 Å². The van der Waals surface area contributed by atoms with Crippen molar-refractivity contribution < 1.29 is 4.79 Å². The highest BCUT2D eigenvalue weighted by atomic mass is 35.5. The zero-order valence-corrected chi connectivity index (χ0v) is 12.2. The molecule has 3 fully saturated rings. The van der Waals surface area contributed by atoms with E-state index in [0.717, 1.165) is 30.0 Å². The third-order valence-corrected chi connectivity index (χ3v) is 5.22. The summed E-state index contributed by atoms with van der Waals surface area (Å²) in [6, 6.07) is 7.88. The van der Waals surface area contributed by atoms with Gasteiger partial charge in [0.2, 0.25) is 5.91 Å². The summed E-state index contributed by atoms with van der Waals surface area (Å²) in [6.45, 7) is 0.894. The largest absolute Gasteiger partial charge is 0.321 e. The summed E-state index contributed by atoms with van der Waals surface area (Å²) < 4.78 is 0. The molecule has 3 aliphatic rings. The molecule has 4 heteroatoms. The van der Waals surface area contributed by atoms with Crippen LogP contribution in [0.4, 0.5) is 0 Å². The number of rotatable bonds is 3. The Labute approximate surface area is 124 Å². The molecular weight excluding hydrogens is 272 g/mol. The zero-order valence-electron chi connectivity index (χ0n) is 11.4. The maximum Gasteiger partial charge on any atom is 0.244 e. The van der Waals surface area contributed by atoms with Gasteiger partial charge in [0.1, 0.15) is 11.7 Å². The van der Waals surface area contributed by atoms with Gasteiger partial charge >= 0.3 is 0 Å². The Morgan fingerprint density at radius 1 is 1.35 bits per heavy atom. The fourth-order valence-corrected chi connectivity index (χ4v) is 3.56. The van der Waals surface area contributed by atoms with E-state index < -0.39 is 0 Å². The maximum atomic E-state index is 12.7. The van der Waals surface area contributed by atoms with Crippen molar-refractivity contribution in [1.29, 1.82) is 0 Å². The van der Waals surface area contributed by atoms with Gasteiger partial charge in [-0.15, -0.1) is 0 Å². The Morgan fingerprint density at radius 3 is 2.75 bits per heavy atom. The summed E-state index contributed by atoms with van der Waals surface area (Å²) >= 11 is 6.11. The number of halogens is 1. The van der Waals surface area contributed by atoms with Crippen LogP contribution in [0.25, 0.3) is 0 Å². The Morgan fingerprint density at radius 2 is 2.15 bits per heavy atom. The molecule has 1 saturated heterocycles. The quantitative estimate of drug-likeness (QED) is 0.928. The van der Waals surface area contributed by atoms with Crippen molar-refractivity contribution in [2.24, 2.45) is 5.92 Å². The van der Waals surface area contributed by atoms with Gasteiger partial charge in [0.25, 0.3) is 0 Å². The zero-order chi connectivity index (χ0) is 13.7. The van der Waals surface area contributed by atoms with Gasteiger partial charge in [-0.3, -0.25) is 10.1 Å².